The van der Waals surface area contributed by atoms with Crippen LogP contribution >= 0.6 is 15.9 Å². The van der Waals surface area contributed by atoms with Crippen LogP contribution in [0.5, 0.6) is 17.4 Å². The molecule has 0 bridgehead atoms. The van der Waals surface area contributed by atoms with Crippen LogP contribution in [-0.4, -0.2) is 17.5 Å². The number of benzene rings is 1. The molecule has 2 aromatic heterocycles. The number of pyridine rings is 1. The Bertz CT molecular complexity index is 967. The Morgan fingerprint density at radius 3 is 2.50 bits per heavy atom. The SMILES string of the molecule is CCOc1ccc(Oc2cc(CNC(=O)c3c(C)oc(C)c3Br)ccn2)cc1. The van der Waals surface area contributed by atoms with Gasteiger partial charge in [0.25, 0.3) is 5.91 Å². The van der Waals surface area contributed by atoms with Crippen molar-refractivity contribution in [1.82, 2.24) is 10.3 Å². The van der Waals surface area contributed by atoms with Crippen LogP contribution in [0.25, 0.3) is 0 Å². The number of hydrogen-bond acceptors (Lipinski definition) is 5. The van der Waals surface area contributed by atoms with Crippen molar-refractivity contribution in [1.29, 1.82) is 0 Å². The Balaban J connectivity index is 1.64. The minimum absolute atomic E-state index is 0.202. The first kappa shape index (κ1) is 19.9. The molecular formula is C21H21BrN2O4. The van der Waals surface area contributed by atoms with Gasteiger partial charge < -0.3 is 19.2 Å². The van der Waals surface area contributed by atoms with Crippen molar-refractivity contribution in [2.75, 3.05) is 6.61 Å². The molecule has 3 aromatic rings. The van der Waals surface area contributed by atoms with Crippen molar-refractivity contribution >= 4 is 21.8 Å². The van der Waals surface area contributed by atoms with Crippen LogP contribution in [-0.2, 0) is 6.54 Å². The fourth-order valence-corrected chi connectivity index (χ4v) is 3.23. The van der Waals surface area contributed by atoms with Crippen molar-refractivity contribution in [3.63, 3.8) is 0 Å². The third-order valence-electron chi connectivity index (χ3n) is 4.02. The van der Waals surface area contributed by atoms with E-state index in [0.717, 1.165) is 11.3 Å². The molecule has 1 amide bonds. The van der Waals surface area contributed by atoms with Crippen molar-refractivity contribution < 1.29 is 18.7 Å². The largest absolute Gasteiger partial charge is 0.494 e. The first-order valence-corrected chi connectivity index (χ1v) is 9.66. The fraction of sp³-hybridized carbons (Fsp3) is 0.238. The molecule has 146 valence electrons. The van der Waals surface area contributed by atoms with Crippen molar-refractivity contribution in [3.8, 4) is 17.4 Å². The van der Waals surface area contributed by atoms with E-state index in [0.29, 0.717) is 46.3 Å². The topological polar surface area (TPSA) is 73.6 Å². The summed E-state index contributed by atoms with van der Waals surface area (Å²) in [5, 5.41) is 2.89. The van der Waals surface area contributed by atoms with E-state index < -0.39 is 0 Å². The van der Waals surface area contributed by atoms with E-state index in [-0.39, 0.29) is 5.91 Å². The number of furan rings is 1. The lowest BCUT2D eigenvalue weighted by Crippen LogP contribution is -2.23. The second kappa shape index (κ2) is 8.93. The maximum atomic E-state index is 12.5. The number of nitrogens with zero attached hydrogens (tertiary/aromatic N) is 1. The molecule has 6 nitrogen and oxygen atoms in total. The second-order valence-corrected chi connectivity index (χ2v) is 6.89. The number of carbonyl (C=O) groups is 1. The highest BCUT2D eigenvalue weighted by molar-refractivity contribution is 9.10. The first-order valence-electron chi connectivity index (χ1n) is 8.87. The zero-order valence-electron chi connectivity index (χ0n) is 15.9. The molecule has 0 unspecified atom stereocenters. The summed E-state index contributed by atoms with van der Waals surface area (Å²) < 4.78 is 17.4. The summed E-state index contributed by atoms with van der Waals surface area (Å²) in [4.78, 5) is 16.7. The molecule has 7 heteroatoms. The standard InChI is InChI=1S/C21H21BrN2O4/c1-4-26-16-5-7-17(8-6-16)28-18-11-15(9-10-23-18)12-24-21(25)19-13(2)27-14(3)20(19)22/h5-11H,4,12H2,1-3H3,(H,24,25). The number of aromatic nitrogens is 1. The van der Waals surface area contributed by atoms with Gasteiger partial charge in [0, 0.05) is 18.8 Å². The molecule has 1 aromatic carbocycles. The van der Waals surface area contributed by atoms with Gasteiger partial charge >= 0.3 is 0 Å². The molecule has 0 spiro atoms. The molecule has 2 heterocycles. The summed E-state index contributed by atoms with van der Waals surface area (Å²) in [5.41, 5.74) is 1.38. The fourth-order valence-electron chi connectivity index (χ4n) is 2.69. The molecule has 0 saturated carbocycles. The summed E-state index contributed by atoms with van der Waals surface area (Å²) in [6.45, 7) is 6.47. The molecular weight excluding hydrogens is 424 g/mol. The number of aryl methyl sites for hydroxylation is 2. The molecule has 0 aliphatic carbocycles. The molecule has 3 rings (SSSR count). The van der Waals surface area contributed by atoms with Crippen LogP contribution < -0.4 is 14.8 Å². The quantitative estimate of drug-likeness (QED) is 0.543. The van der Waals surface area contributed by atoms with E-state index in [1.54, 1.807) is 26.1 Å². The van der Waals surface area contributed by atoms with E-state index >= 15 is 0 Å². The third-order valence-corrected chi connectivity index (χ3v) is 4.98. The van der Waals surface area contributed by atoms with Gasteiger partial charge in [-0.1, -0.05) is 0 Å². The zero-order valence-corrected chi connectivity index (χ0v) is 17.5. The number of carbonyl (C=O) groups excluding carboxylic acids is 1. The summed E-state index contributed by atoms with van der Waals surface area (Å²) in [5.74, 6) is 2.95. The van der Waals surface area contributed by atoms with E-state index in [2.05, 4.69) is 26.2 Å². The summed E-state index contributed by atoms with van der Waals surface area (Å²) in [6.07, 6.45) is 1.65. The molecule has 0 aliphatic rings. The van der Waals surface area contributed by atoms with E-state index in [9.17, 15) is 4.79 Å². The van der Waals surface area contributed by atoms with Crippen LogP contribution in [0.15, 0.2) is 51.5 Å². The number of hydrogen-bond donors (Lipinski definition) is 1. The van der Waals surface area contributed by atoms with Crippen LogP contribution in [0.4, 0.5) is 0 Å². The van der Waals surface area contributed by atoms with E-state index in [1.807, 2.05) is 37.3 Å². The van der Waals surface area contributed by atoms with Crippen LogP contribution in [0, 0.1) is 13.8 Å². The van der Waals surface area contributed by atoms with Gasteiger partial charge in [0.15, 0.2) is 0 Å². The Morgan fingerprint density at radius 1 is 1.14 bits per heavy atom. The monoisotopic (exact) mass is 444 g/mol. The van der Waals surface area contributed by atoms with E-state index in [1.165, 1.54) is 0 Å². The van der Waals surface area contributed by atoms with Crippen LogP contribution in [0.1, 0.15) is 34.4 Å². The van der Waals surface area contributed by atoms with Crippen molar-refractivity contribution in [2.45, 2.75) is 27.3 Å². The van der Waals surface area contributed by atoms with Gasteiger partial charge in [-0.25, -0.2) is 4.98 Å². The van der Waals surface area contributed by atoms with Crippen molar-refractivity contribution in [3.05, 3.63) is 69.7 Å². The highest BCUT2D eigenvalue weighted by atomic mass is 79.9. The van der Waals surface area contributed by atoms with Gasteiger partial charge in [0.2, 0.25) is 5.88 Å². The van der Waals surface area contributed by atoms with Crippen LogP contribution in [0.3, 0.4) is 0 Å². The number of ether oxygens (including phenoxy) is 2. The van der Waals surface area contributed by atoms with Gasteiger partial charge in [-0.2, -0.15) is 0 Å². The zero-order chi connectivity index (χ0) is 20.1. The molecule has 0 fully saturated rings. The average molecular weight is 445 g/mol. The van der Waals surface area contributed by atoms with Gasteiger partial charge in [-0.15, -0.1) is 0 Å². The summed E-state index contributed by atoms with van der Waals surface area (Å²) in [7, 11) is 0. The number of nitrogens with one attached hydrogen (secondary N) is 1. The molecule has 1 N–H and O–H groups in total. The lowest BCUT2D eigenvalue weighted by Gasteiger charge is -2.09. The second-order valence-electron chi connectivity index (χ2n) is 6.09. The van der Waals surface area contributed by atoms with Gasteiger partial charge in [0.05, 0.1) is 16.6 Å². The predicted octanol–water partition coefficient (Wildman–Crippen LogP) is 5.17. The summed E-state index contributed by atoms with van der Waals surface area (Å²) in [6, 6.07) is 10.9. The first-order chi connectivity index (χ1) is 13.5. The minimum atomic E-state index is -0.202. The predicted molar refractivity (Wildman–Crippen MR) is 109 cm³/mol. The minimum Gasteiger partial charge on any atom is -0.494 e. The molecule has 0 radical (unpaired) electrons. The molecule has 0 saturated heterocycles. The van der Waals surface area contributed by atoms with Crippen LogP contribution in [0.2, 0.25) is 0 Å². The van der Waals surface area contributed by atoms with Gasteiger partial charge in [-0.05, 0) is 72.6 Å². The Labute approximate surface area is 172 Å². The Morgan fingerprint density at radius 2 is 1.86 bits per heavy atom. The Kier molecular flexibility index (Phi) is 6.36. The molecule has 0 aliphatic heterocycles. The van der Waals surface area contributed by atoms with E-state index in [4.69, 9.17) is 13.9 Å². The maximum absolute atomic E-state index is 12.5. The third kappa shape index (κ3) is 4.72. The van der Waals surface area contributed by atoms with Gasteiger partial charge in [-0.3, -0.25) is 4.79 Å². The normalized spacial score (nSPS) is 10.6. The lowest BCUT2D eigenvalue weighted by atomic mass is 10.2. The molecule has 28 heavy (non-hydrogen) atoms. The average Bonchev–Trinajstić information content (AvgIpc) is 2.94. The van der Waals surface area contributed by atoms with Gasteiger partial charge in [0.1, 0.15) is 23.0 Å². The lowest BCUT2D eigenvalue weighted by molar-refractivity contribution is 0.0948. The van der Waals surface area contributed by atoms with Crippen molar-refractivity contribution in [2.24, 2.45) is 0 Å². The molecule has 0 atom stereocenters. The number of rotatable bonds is 7. The highest BCUT2D eigenvalue weighted by Gasteiger charge is 2.19. The smallest absolute Gasteiger partial charge is 0.256 e. The number of amides is 1. The summed E-state index contributed by atoms with van der Waals surface area (Å²) >= 11 is 3.40. The number of halogens is 1. The maximum Gasteiger partial charge on any atom is 0.256 e. The Hall–Kier alpha value is -2.80. The highest BCUT2D eigenvalue weighted by Crippen LogP contribution is 2.27.